The van der Waals surface area contributed by atoms with Gasteiger partial charge in [0.1, 0.15) is 0 Å². The molecule has 0 aromatic carbocycles. The fourth-order valence-electron chi connectivity index (χ4n) is 0.767. The monoisotopic (exact) mass is 168 g/mol. The molecule has 0 spiro atoms. The molecule has 6 nitrogen and oxygen atoms in total. The molecule has 1 aromatic rings. The van der Waals surface area contributed by atoms with Crippen LogP contribution in [0.5, 0.6) is 6.01 Å². The SMILES string of the molecule is COc1nc(C)c(N=O)c(N)n1. The van der Waals surface area contributed by atoms with Crippen molar-refractivity contribution in [2.45, 2.75) is 6.92 Å². The minimum absolute atomic E-state index is 0.0364. The molecular weight excluding hydrogens is 160 g/mol. The number of hydrogen-bond acceptors (Lipinski definition) is 6. The van der Waals surface area contributed by atoms with E-state index in [1.54, 1.807) is 6.92 Å². The molecule has 0 aliphatic heterocycles. The van der Waals surface area contributed by atoms with Gasteiger partial charge in [0.15, 0.2) is 11.5 Å². The number of nitrogens with two attached hydrogens (primary N) is 1. The summed E-state index contributed by atoms with van der Waals surface area (Å²) in [6.07, 6.45) is 0. The first-order valence-electron chi connectivity index (χ1n) is 3.20. The number of methoxy groups -OCH3 is 1. The Labute approximate surface area is 68.7 Å². The van der Waals surface area contributed by atoms with Gasteiger partial charge in [-0.2, -0.15) is 9.97 Å². The molecule has 1 rings (SSSR count). The van der Waals surface area contributed by atoms with Gasteiger partial charge in [0.2, 0.25) is 0 Å². The van der Waals surface area contributed by atoms with Gasteiger partial charge in [-0.3, -0.25) is 0 Å². The molecule has 0 saturated heterocycles. The van der Waals surface area contributed by atoms with Crippen LogP contribution in [0, 0.1) is 11.8 Å². The first-order valence-corrected chi connectivity index (χ1v) is 3.20. The molecule has 1 aromatic heterocycles. The van der Waals surface area contributed by atoms with Gasteiger partial charge < -0.3 is 10.5 Å². The van der Waals surface area contributed by atoms with Crippen molar-refractivity contribution in [3.8, 4) is 6.01 Å². The van der Waals surface area contributed by atoms with Crippen LogP contribution in [0.25, 0.3) is 0 Å². The van der Waals surface area contributed by atoms with Crippen LogP contribution in [-0.2, 0) is 0 Å². The number of ether oxygens (including phenoxy) is 1. The van der Waals surface area contributed by atoms with Crippen LogP contribution >= 0.6 is 0 Å². The number of aryl methyl sites for hydroxylation is 1. The van der Waals surface area contributed by atoms with Crippen molar-refractivity contribution in [3.05, 3.63) is 10.6 Å². The molecule has 0 fully saturated rings. The maximum absolute atomic E-state index is 10.2. The Morgan fingerprint density at radius 2 is 2.17 bits per heavy atom. The third kappa shape index (κ3) is 1.31. The molecule has 0 bridgehead atoms. The van der Waals surface area contributed by atoms with E-state index in [1.807, 2.05) is 0 Å². The molecule has 0 radical (unpaired) electrons. The second-order valence-corrected chi connectivity index (χ2v) is 2.12. The van der Waals surface area contributed by atoms with E-state index < -0.39 is 0 Å². The quantitative estimate of drug-likeness (QED) is 0.658. The molecule has 0 saturated carbocycles. The normalized spacial score (nSPS) is 9.50. The van der Waals surface area contributed by atoms with Gasteiger partial charge in [0.25, 0.3) is 0 Å². The number of hydrogen-bond donors (Lipinski definition) is 1. The largest absolute Gasteiger partial charge is 0.467 e. The van der Waals surface area contributed by atoms with Gasteiger partial charge in [-0.1, -0.05) is 0 Å². The molecule has 1 heterocycles. The molecular formula is C6H8N4O2. The lowest BCUT2D eigenvalue weighted by atomic mass is 10.3. The summed E-state index contributed by atoms with van der Waals surface area (Å²) in [5, 5.41) is 2.69. The van der Waals surface area contributed by atoms with E-state index in [2.05, 4.69) is 15.1 Å². The van der Waals surface area contributed by atoms with Crippen molar-refractivity contribution in [2.75, 3.05) is 12.8 Å². The van der Waals surface area contributed by atoms with E-state index in [0.717, 1.165) is 0 Å². The van der Waals surface area contributed by atoms with E-state index in [-0.39, 0.29) is 17.5 Å². The number of rotatable bonds is 2. The van der Waals surface area contributed by atoms with Crippen LogP contribution in [0.15, 0.2) is 5.18 Å². The minimum atomic E-state index is 0.0364. The zero-order valence-electron chi connectivity index (χ0n) is 6.74. The minimum Gasteiger partial charge on any atom is -0.467 e. The Kier molecular flexibility index (Phi) is 2.18. The predicted octanol–water partition coefficient (Wildman–Crippen LogP) is 0.774. The molecule has 0 aliphatic carbocycles. The molecule has 2 N–H and O–H groups in total. The highest BCUT2D eigenvalue weighted by Crippen LogP contribution is 2.24. The number of aromatic nitrogens is 2. The topological polar surface area (TPSA) is 90.5 Å². The highest BCUT2D eigenvalue weighted by molar-refractivity contribution is 5.60. The van der Waals surface area contributed by atoms with Crippen LogP contribution < -0.4 is 10.5 Å². The summed E-state index contributed by atoms with van der Waals surface area (Å²) in [6, 6.07) is 0.136. The Hall–Kier alpha value is -1.72. The highest BCUT2D eigenvalue weighted by atomic mass is 16.5. The fraction of sp³-hybridized carbons (Fsp3) is 0.333. The summed E-state index contributed by atoms with van der Waals surface area (Å²) in [6.45, 7) is 1.61. The van der Waals surface area contributed by atoms with Gasteiger partial charge in [-0.05, 0) is 12.1 Å². The lowest BCUT2D eigenvalue weighted by molar-refractivity contribution is 0.379. The van der Waals surface area contributed by atoms with Gasteiger partial charge in [-0.25, -0.2) is 0 Å². The Balaban J connectivity index is 3.27. The van der Waals surface area contributed by atoms with E-state index in [0.29, 0.717) is 5.69 Å². The molecule has 0 aliphatic rings. The number of nitrogen functional groups attached to an aromatic ring is 1. The van der Waals surface area contributed by atoms with E-state index in [4.69, 9.17) is 10.5 Å². The Morgan fingerprint density at radius 1 is 1.50 bits per heavy atom. The zero-order chi connectivity index (χ0) is 9.14. The zero-order valence-corrected chi connectivity index (χ0v) is 6.74. The number of nitrogens with zero attached hydrogens (tertiary/aromatic N) is 3. The van der Waals surface area contributed by atoms with E-state index >= 15 is 0 Å². The van der Waals surface area contributed by atoms with Crippen molar-refractivity contribution in [2.24, 2.45) is 5.18 Å². The lowest BCUT2D eigenvalue weighted by Crippen LogP contribution is -1.99. The average molecular weight is 168 g/mol. The fourth-order valence-corrected chi connectivity index (χ4v) is 0.767. The maximum atomic E-state index is 10.2. The van der Waals surface area contributed by atoms with Crippen LogP contribution in [0.3, 0.4) is 0 Å². The second-order valence-electron chi connectivity index (χ2n) is 2.12. The third-order valence-corrected chi connectivity index (χ3v) is 1.34. The summed E-state index contributed by atoms with van der Waals surface area (Å²) < 4.78 is 4.73. The molecule has 0 atom stereocenters. The third-order valence-electron chi connectivity index (χ3n) is 1.34. The standard InChI is InChI=1S/C6H8N4O2/c1-3-4(10-11)5(7)9-6(8-3)12-2/h1-2H3,(H2,7,8,9). The molecule has 12 heavy (non-hydrogen) atoms. The van der Waals surface area contributed by atoms with Gasteiger partial charge in [0, 0.05) is 0 Å². The summed E-state index contributed by atoms with van der Waals surface area (Å²) in [5.41, 5.74) is 5.86. The van der Waals surface area contributed by atoms with E-state index in [9.17, 15) is 4.91 Å². The summed E-state index contributed by atoms with van der Waals surface area (Å²) in [7, 11) is 1.42. The van der Waals surface area contributed by atoms with Crippen LogP contribution in [0.1, 0.15) is 5.69 Å². The Morgan fingerprint density at radius 3 is 2.58 bits per heavy atom. The van der Waals surface area contributed by atoms with Crippen molar-refractivity contribution < 1.29 is 4.74 Å². The summed E-state index contributed by atoms with van der Waals surface area (Å²) >= 11 is 0. The summed E-state index contributed by atoms with van der Waals surface area (Å²) in [4.78, 5) is 17.7. The van der Waals surface area contributed by atoms with Crippen molar-refractivity contribution in [1.29, 1.82) is 0 Å². The second kappa shape index (κ2) is 3.12. The van der Waals surface area contributed by atoms with Crippen molar-refractivity contribution >= 4 is 11.5 Å². The first kappa shape index (κ1) is 8.38. The average Bonchev–Trinajstić information content (AvgIpc) is 2.03. The Bertz CT molecular complexity index is 289. The number of anilines is 1. The first-order chi connectivity index (χ1) is 5.69. The van der Waals surface area contributed by atoms with E-state index in [1.165, 1.54) is 7.11 Å². The number of nitroso groups, excluding NO2 is 1. The van der Waals surface area contributed by atoms with Crippen LogP contribution in [0.2, 0.25) is 0 Å². The molecule has 64 valence electrons. The van der Waals surface area contributed by atoms with Crippen molar-refractivity contribution in [3.63, 3.8) is 0 Å². The van der Waals surface area contributed by atoms with Gasteiger partial charge in [-0.15, -0.1) is 4.91 Å². The molecule has 6 heteroatoms. The van der Waals surface area contributed by atoms with Gasteiger partial charge in [0.05, 0.1) is 12.8 Å². The maximum Gasteiger partial charge on any atom is 0.318 e. The smallest absolute Gasteiger partial charge is 0.318 e. The molecule has 0 amide bonds. The predicted molar refractivity (Wildman–Crippen MR) is 43.2 cm³/mol. The lowest BCUT2D eigenvalue weighted by Gasteiger charge is -2.02. The van der Waals surface area contributed by atoms with Gasteiger partial charge >= 0.3 is 6.01 Å². The molecule has 0 unspecified atom stereocenters. The van der Waals surface area contributed by atoms with Crippen molar-refractivity contribution in [1.82, 2.24) is 9.97 Å². The highest BCUT2D eigenvalue weighted by Gasteiger charge is 2.08. The van der Waals surface area contributed by atoms with Crippen LogP contribution in [0.4, 0.5) is 11.5 Å². The summed E-state index contributed by atoms with van der Waals surface area (Å²) in [5.74, 6) is 0.0364. The van der Waals surface area contributed by atoms with Crippen LogP contribution in [-0.4, -0.2) is 17.1 Å².